The van der Waals surface area contributed by atoms with Crippen molar-refractivity contribution < 1.29 is 23.2 Å². The predicted octanol–water partition coefficient (Wildman–Crippen LogP) is 5.01. The zero-order valence-electron chi connectivity index (χ0n) is 26.1. The zero-order chi connectivity index (χ0) is 32.4. The molecule has 244 valence electrons. The lowest BCUT2D eigenvalue weighted by Gasteiger charge is -2.40. The molecule has 3 heterocycles. The first-order valence-electron chi connectivity index (χ1n) is 15.9. The lowest BCUT2D eigenvalue weighted by molar-refractivity contribution is -0.127. The number of carbonyl (C=O) groups excluding carboxylic acids is 3. The Balaban J connectivity index is 1.27. The first-order chi connectivity index (χ1) is 22.1. The van der Waals surface area contributed by atoms with Gasteiger partial charge in [0.2, 0.25) is 5.91 Å². The number of likely N-dealkylation sites (tertiary alicyclic amines) is 1. The number of piperazine rings is 1. The van der Waals surface area contributed by atoms with E-state index in [0.29, 0.717) is 69.4 Å². The molecule has 1 saturated carbocycles. The van der Waals surface area contributed by atoms with Crippen LogP contribution in [0.1, 0.15) is 75.9 Å². The van der Waals surface area contributed by atoms with E-state index in [0.717, 1.165) is 31.5 Å². The Hall–Kier alpha value is -3.55. The second kappa shape index (κ2) is 13.7. The van der Waals surface area contributed by atoms with Crippen LogP contribution in [-0.4, -0.2) is 73.4 Å². The summed E-state index contributed by atoms with van der Waals surface area (Å²) in [5, 5.41) is 3.86. The minimum Gasteiger partial charge on any atom is -0.448 e. The second-order valence-electron chi connectivity index (χ2n) is 12.3. The maximum Gasteiger partial charge on any atom is 0.277 e. The molecule has 2 N–H and O–H groups in total. The fourth-order valence-corrected chi connectivity index (χ4v) is 6.63. The Morgan fingerprint density at radius 3 is 2.48 bits per heavy atom. The van der Waals surface area contributed by atoms with Crippen LogP contribution in [0, 0.1) is 6.92 Å². The van der Waals surface area contributed by atoms with Crippen molar-refractivity contribution in [1.82, 2.24) is 15.2 Å². The Morgan fingerprint density at radius 2 is 1.80 bits per heavy atom. The summed E-state index contributed by atoms with van der Waals surface area (Å²) in [6, 6.07) is 11.4. The standard InChI is InChI=1S/C33H41FN6O4P2/c1-21-6-2-3-7-27(21)38-14-16-40(17-15-38)29-24(33(34,45)46)18-23(30(42)35-11-5-13-39-12-4-8-28(39)41)19-25(29)36-31(43)26-20-44-32(37-26)22-9-10-22/h2-3,6-7,18-20,22H,4-5,8-17,45-46H2,1H3,(H,35,42)(H,36,43). The van der Waals surface area contributed by atoms with Crippen LogP contribution in [0.5, 0.6) is 0 Å². The van der Waals surface area contributed by atoms with Crippen LogP contribution < -0.4 is 20.4 Å². The number of amides is 3. The number of hydrogen-bond acceptors (Lipinski definition) is 7. The van der Waals surface area contributed by atoms with Gasteiger partial charge in [-0.2, -0.15) is 0 Å². The molecule has 2 aromatic carbocycles. The summed E-state index contributed by atoms with van der Waals surface area (Å²) in [4.78, 5) is 49.4. The SMILES string of the molecule is Cc1ccccc1N1CCN(c2c(NC(=O)c3coc(C4CC4)n3)cc(C(=O)NCCCN3CCCC3=O)cc2C(F)(P)P)CC1. The Kier molecular flexibility index (Phi) is 9.62. The van der Waals surface area contributed by atoms with Crippen LogP contribution in [0.25, 0.3) is 0 Å². The number of para-hydroxylation sites is 1. The molecule has 3 aromatic rings. The van der Waals surface area contributed by atoms with Crippen LogP contribution in [0.2, 0.25) is 0 Å². The molecule has 46 heavy (non-hydrogen) atoms. The van der Waals surface area contributed by atoms with Crippen molar-refractivity contribution in [3.05, 3.63) is 70.9 Å². The van der Waals surface area contributed by atoms with Crippen molar-refractivity contribution in [2.24, 2.45) is 0 Å². The molecule has 3 amide bonds. The third-order valence-corrected chi connectivity index (χ3v) is 9.45. The Morgan fingerprint density at radius 1 is 1.07 bits per heavy atom. The molecule has 0 spiro atoms. The molecule has 2 unspecified atom stereocenters. The Bertz CT molecular complexity index is 1610. The monoisotopic (exact) mass is 666 g/mol. The van der Waals surface area contributed by atoms with Gasteiger partial charge in [-0.05, 0) is 56.4 Å². The molecule has 2 saturated heterocycles. The highest BCUT2D eigenvalue weighted by Gasteiger charge is 2.33. The summed E-state index contributed by atoms with van der Waals surface area (Å²) in [6.07, 6.45) is 5.35. The predicted molar refractivity (Wildman–Crippen MR) is 183 cm³/mol. The molecule has 1 aliphatic carbocycles. The quantitative estimate of drug-likeness (QED) is 0.219. The van der Waals surface area contributed by atoms with Gasteiger partial charge in [0, 0.05) is 75.0 Å². The van der Waals surface area contributed by atoms with Crippen molar-refractivity contribution in [1.29, 1.82) is 0 Å². The van der Waals surface area contributed by atoms with E-state index < -0.39 is 17.0 Å². The maximum atomic E-state index is 16.0. The van der Waals surface area contributed by atoms with Crippen LogP contribution in [0.3, 0.4) is 0 Å². The topological polar surface area (TPSA) is 111 Å². The van der Waals surface area contributed by atoms with Crippen LogP contribution in [-0.2, 0) is 9.95 Å². The molecule has 6 rings (SSSR count). The van der Waals surface area contributed by atoms with E-state index in [2.05, 4.69) is 63.0 Å². The van der Waals surface area contributed by atoms with Crippen molar-refractivity contribution in [3.8, 4) is 0 Å². The molecule has 0 bridgehead atoms. The third-order valence-electron chi connectivity index (χ3n) is 8.83. The van der Waals surface area contributed by atoms with Gasteiger partial charge in [-0.3, -0.25) is 14.4 Å². The van der Waals surface area contributed by atoms with E-state index in [4.69, 9.17) is 4.42 Å². The van der Waals surface area contributed by atoms with Crippen molar-refractivity contribution in [2.45, 2.75) is 50.1 Å². The van der Waals surface area contributed by atoms with Gasteiger partial charge in [0.05, 0.1) is 11.4 Å². The van der Waals surface area contributed by atoms with Crippen LogP contribution >= 0.6 is 18.5 Å². The normalized spacial score (nSPS) is 17.0. The number of alkyl halides is 1. The van der Waals surface area contributed by atoms with Crippen LogP contribution in [0.4, 0.5) is 21.5 Å². The van der Waals surface area contributed by atoms with Gasteiger partial charge in [0.1, 0.15) is 6.26 Å². The number of nitrogens with one attached hydrogen (secondary N) is 2. The highest BCUT2D eigenvalue weighted by Crippen LogP contribution is 2.48. The molecule has 10 nitrogen and oxygen atoms in total. The number of benzene rings is 2. The number of nitrogens with zero attached hydrogens (tertiary/aromatic N) is 4. The molecule has 3 fully saturated rings. The van der Waals surface area contributed by atoms with Crippen molar-refractivity contribution >= 4 is 53.3 Å². The summed E-state index contributed by atoms with van der Waals surface area (Å²) in [5.41, 5.74) is 3.78. The minimum atomic E-state index is -1.98. The first-order valence-corrected chi connectivity index (χ1v) is 17.1. The second-order valence-corrected chi connectivity index (χ2v) is 14.7. The van der Waals surface area contributed by atoms with E-state index in [-0.39, 0.29) is 28.6 Å². The van der Waals surface area contributed by atoms with E-state index in [1.54, 1.807) is 12.1 Å². The number of oxazole rings is 1. The van der Waals surface area contributed by atoms with E-state index in [9.17, 15) is 14.4 Å². The minimum absolute atomic E-state index is 0.133. The number of anilines is 3. The van der Waals surface area contributed by atoms with E-state index >= 15 is 4.39 Å². The molecule has 2 atom stereocenters. The van der Waals surface area contributed by atoms with Crippen molar-refractivity contribution in [3.63, 3.8) is 0 Å². The molecule has 1 aromatic heterocycles. The molecule has 3 aliphatic rings. The fraction of sp³-hybridized carbons (Fsp3) is 0.455. The molecule has 0 radical (unpaired) electrons. The summed E-state index contributed by atoms with van der Waals surface area (Å²) in [5.74, 6) is 0.0386. The van der Waals surface area contributed by atoms with E-state index in [1.165, 1.54) is 11.8 Å². The summed E-state index contributed by atoms with van der Waals surface area (Å²) >= 11 is 0. The van der Waals surface area contributed by atoms with Gasteiger partial charge in [0.15, 0.2) is 16.7 Å². The number of aromatic nitrogens is 1. The smallest absolute Gasteiger partial charge is 0.277 e. The largest absolute Gasteiger partial charge is 0.448 e. The highest BCUT2D eigenvalue weighted by molar-refractivity contribution is 7.38. The molecule has 13 heteroatoms. The number of hydrogen-bond donors (Lipinski definition) is 2. The number of carbonyl (C=O) groups is 3. The summed E-state index contributed by atoms with van der Waals surface area (Å²) in [7, 11) is 4.41. The van der Waals surface area contributed by atoms with Gasteiger partial charge in [-0.1, -0.05) is 36.7 Å². The zero-order valence-corrected chi connectivity index (χ0v) is 28.4. The van der Waals surface area contributed by atoms with Gasteiger partial charge >= 0.3 is 0 Å². The lowest BCUT2D eigenvalue weighted by atomic mass is 10.0. The highest BCUT2D eigenvalue weighted by atomic mass is 31.1. The van der Waals surface area contributed by atoms with Gasteiger partial charge in [-0.25, -0.2) is 9.37 Å². The number of aryl methyl sites for hydroxylation is 1. The third kappa shape index (κ3) is 7.37. The molecular formula is C33H41FN6O4P2. The van der Waals surface area contributed by atoms with Gasteiger partial charge in [0.25, 0.3) is 11.8 Å². The average molecular weight is 667 g/mol. The molecular weight excluding hydrogens is 625 g/mol. The van der Waals surface area contributed by atoms with Crippen molar-refractivity contribution in [2.75, 3.05) is 60.9 Å². The summed E-state index contributed by atoms with van der Waals surface area (Å²) < 4.78 is 21.6. The Labute approximate surface area is 273 Å². The number of rotatable bonds is 11. The van der Waals surface area contributed by atoms with Gasteiger partial charge < -0.3 is 29.8 Å². The van der Waals surface area contributed by atoms with Crippen LogP contribution in [0.15, 0.2) is 47.1 Å². The van der Waals surface area contributed by atoms with Gasteiger partial charge in [-0.15, -0.1) is 0 Å². The molecule has 2 aliphatic heterocycles. The fourth-order valence-electron chi connectivity index (χ4n) is 6.19. The first kappa shape index (κ1) is 32.4. The number of halogens is 1. The summed E-state index contributed by atoms with van der Waals surface area (Å²) in [6.45, 7) is 6.30. The maximum absolute atomic E-state index is 16.0. The lowest BCUT2D eigenvalue weighted by Crippen LogP contribution is -2.47. The average Bonchev–Trinajstić information content (AvgIpc) is 3.61. The van der Waals surface area contributed by atoms with E-state index in [1.807, 2.05) is 17.0 Å².